The molecule has 0 amide bonds. The van der Waals surface area contributed by atoms with Crippen LogP contribution in [0.1, 0.15) is 11.1 Å². The summed E-state index contributed by atoms with van der Waals surface area (Å²) in [4.78, 5) is 0. The van der Waals surface area contributed by atoms with E-state index in [1.807, 2.05) is 14.1 Å². The van der Waals surface area contributed by atoms with Crippen LogP contribution >= 0.6 is 0 Å². The summed E-state index contributed by atoms with van der Waals surface area (Å²) in [5.41, 5.74) is 2.64. The molecule has 1 aromatic carbocycles. The van der Waals surface area contributed by atoms with Crippen molar-refractivity contribution in [2.24, 2.45) is 14.1 Å². The van der Waals surface area contributed by atoms with Crippen molar-refractivity contribution in [2.75, 3.05) is 0 Å². The molecule has 3 aromatic rings. The minimum absolute atomic E-state index is 0.916. The van der Waals surface area contributed by atoms with E-state index in [9.17, 15) is 0 Å². The van der Waals surface area contributed by atoms with E-state index >= 15 is 0 Å². The minimum Gasteiger partial charge on any atom is -0.240 e. The van der Waals surface area contributed by atoms with Crippen LogP contribution in [0.3, 0.4) is 0 Å². The van der Waals surface area contributed by atoms with E-state index in [-0.39, 0.29) is 0 Å². The molecule has 0 bridgehead atoms. The number of hydrogen-bond acceptors (Lipinski definition) is 0. The minimum atomic E-state index is 0.916. The third kappa shape index (κ3) is 2.96. The van der Waals surface area contributed by atoms with E-state index < -0.39 is 0 Å². The summed E-state index contributed by atoms with van der Waals surface area (Å²) in [6.45, 7) is 1.83. The molecule has 0 aliphatic carbocycles. The molecule has 2 heterocycles. The van der Waals surface area contributed by atoms with Gasteiger partial charge in [0.15, 0.2) is 0 Å². The Morgan fingerprint density at radius 3 is 1.45 bits per heavy atom. The Hall–Kier alpha value is -2.36. The summed E-state index contributed by atoms with van der Waals surface area (Å²) in [5, 5.41) is 0. The number of aryl methyl sites for hydroxylation is 2. The van der Waals surface area contributed by atoms with Crippen molar-refractivity contribution in [1.82, 2.24) is 9.13 Å². The van der Waals surface area contributed by atoms with Crippen LogP contribution in [0, 0.1) is 0 Å². The quantitative estimate of drug-likeness (QED) is 0.629. The molecule has 4 heteroatoms. The van der Waals surface area contributed by atoms with Crippen molar-refractivity contribution in [3.63, 3.8) is 0 Å². The van der Waals surface area contributed by atoms with Gasteiger partial charge in [-0.25, -0.2) is 18.3 Å². The molecule has 0 saturated heterocycles. The number of benzene rings is 1. The van der Waals surface area contributed by atoms with Crippen molar-refractivity contribution < 1.29 is 9.13 Å². The summed E-state index contributed by atoms with van der Waals surface area (Å²) in [7, 11) is 4.08. The molecule has 102 valence electrons. The van der Waals surface area contributed by atoms with Crippen LogP contribution in [0.15, 0.2) is 61.7 Å². The Bertz CT molecular complexity index is 630. The Morgan fingerprint density at radius 1 is 0.750 bits per heavy atom. The lowest BCUT2D eigenvalue weighted by Gasteiger charge is -2.01. The molecule has 0 N–H and O–H groups in total. The predicted molar refractivity (Wildman–Crippen MR) is 75.9 cm³/mol. The lowest BCUT2D eigenvalue weighted by Crippen LogP contribution is -2.23. The van der Waals surface area contributed by atoms with E-state index in [4.69, 9.17) is 0 Å². The van der Waals surface area contributed by atoms with Gasteiger partial charge in [-0.15, -0.1) is 0 Å². The topological polar surface area (TPSA) is 17.6 Å². The fourth-order valence-corrected chi connectivity index (χ4v) is 2.36. The second-order valence-electron chi connectivity index (χ2n) is 5.32. The van der Waals surface area contributed by atoms with Gasteiger partial charge in [-0.2, -0.15) is 0 Å². The first-order valence-electron chi connectivity index (χ1n) is 6.79. The van der Waals surface area contributed by atoms with E-state index in [1.54, 1.807) is 0 Å². The van der Waals surface area contributed by atoms with Gasteiger partial charge in [-0.3, -0.25) is 0 Å². The highest BCUT2D eigenvalue weighted by Gasteiger charge is 2.04. The molecule has 20 heavy (non-hydrogen) atoms. The van der Waals surface area contributed by atoms with Crippen LogP contribution in [0.5, 0.6) is 0 Å². The largest absolute Gasteiger partial charge is 0.243 e. The first-order valence-corrected chi connectivity index (χ1v) is 6.79. The van der Waals surface area contributed by atoms with Gasteiger partial charge in [0.25, 0.3) is 0 Å². The van der Waals surface area contributed by atoms with Gasteiger partial charge in [0.05, 0.1) is 14.1 Å². The number of imidazole rings is 2. The molecule has 0 spiro atoms. The SMILES string of the molecule is C[n+]1ccn(Cc2ccc(Cn3cc[n+](C)c3)cc2)c1. The standard InChI is InChI=1S/C16H20N4/c1-17-7-9-19(13-17)11-15-3-5-16(6-4-15)12-20-10-8-18(2)14-20/h3-10,13-14H,11-12H2,1-2H3/q+2. The van der Waals surface area contributed by atoms with Crippen LogP contribution in [0.2, 0.25) is 0 Å². The summed E-state index contributed by atoms with van der Waals surface area (Å²) in [5.74, 6) is 0. The van der Waals surface area contributed by atoms with Gasteiger partial charge in [-0.1, -0.05) is 24.3 Å². The van der Waals surface area contributed by atoms with Gasteiger partial charge in [-0.05, 0) is 11.1 Å². The van der Waals surface area contributed by atoms with E-state index in [0.717, 1.165) is 13.1 Å². The van der Waals surface area contributed by atoms with Gasteiger partial charge >= 0.3 is 0 Å². The molecule has 0 aliphatic heterocycles. The molecule has 4 nitrogen and oxygen atoms in total. The third-order valence-corrected chi connectivity index (χ3v) is 3.40. The first kappa shape index (κ1) is 12.7. The Morgan fingerprint density at radius 2 is 1.15 bits per heavy atom. The first-order chi connectivity index (χ1) is 9.69. The third-order valence-electron chi connectivity index (χ3n) is 3.40. The second-order valence-corrected chi connectivity index (χ2v) is 5.32. The summed E-state index contributed by atoms with van der Waals surface area (Å²) in [6, 6.07) is 8.83. The van der Waals surface area contributed by atoms with Crippen molar-refractivity contribution in [1.29, 1.82) is 0 Å². The highest BCUT2D eigenvalue weighted by Crippen LogP contribution is 2.07. The maximum absolute atomic E-state index is 2.21. The zero-order valence-corrected chi connectivity index (χ0v) is 12.0. The van der Waals surface area contributed by atoms with Gasteiger partial charge in [0.2, 0.25) is 12.7 Å². The molecule has 0 saturated carbocycles. The highest BCUT2D eigenvalue weighted by molar-refractivity contribution is 5.23. The Balaban J connectivity index is 1.68. The van der Waals surface area contributed by atoms with Crippen molar-refractivity contribution >= 4 is 0 Å². The molecule has 0 fully saturated rings. The van der Waals surface area contributed by atoms with Gasteiger partial charge < -0.3 is 0 Å². The zero-order chi connectivity index (χ0) is 13.9. The molecule has 0 aliphatic rings. The van der Waals surface area contributed by atoms with Crippen molar-refractivity contribution in [3.8, 4) is 0 Å². The molecule has 0 radical (unpaired) electrons. The molecule has 0 atom stereocenters. The van der Waals surface area contributed by atoms with Gasteiger partial charge in [0, 0.05) is 0 Å². The maximum atomic E-state index is 2.21. The molecular weight excluding hydrogens is 248 g/mol. The average molecular weight is 268 g/mol. The second kappa shape index (κ2) is 5.33. The van der Waals surface area contributed by atoms with Crippen LogP contribution < -0.4 is 9.13 Å². The lowest BCUT2D eigenvalue weighted by molar-refractivity contribution is -0.671. The number of rotatable bonds is 4. The van der Waals surface area contributed by atoms with Crippen LogP contribution in [-0.2, 0) is 27.2 Å². The predicted octanol–water partition coefficient (Wildman–Crippen LogP) is 1.04. The fourth-order valence-electron chi connectivity index (χ4n) is 2.36. The summed E-state index contributed by atoms with van der Waals surface area (Å²) >= 11 is 0. The number of nitrogens with zero attached hydrogens (tertiary/aromatic N) is 4. The van der Waals surface area contributed by atoms with E-state index in [2.05, 4.69) is 80.0 Å². The van der Waals surface area contributed by atoms with E-state index in [1.165, 1.54) is 11.1 Å². The Kier molecular flexibility index (Phi) is 3.37. The smallest absolute Gasteiger partial charge is 0.240 e. The maximum Gasteiger partial charge on any atom is 0.243 e. The summed E-state index contributed by atoms with van der Waals surface area (Å²) in [6.07, 6.45) is 12.5. The zero-order valence-electron chi connectivity index (χ0n) is 12.0. The highest BCUT2D eigenvalue weighted by atomic mass is 15.1. The normalized spacial score (nSPS) is 10.9. The monoisotopic (exact) mass is 268 g/mol. The number of hydrogen-bond donors (Lipinski definition) is 0. The lowest BCUT2D eigenvalue weighted by atomic mass is 10.1. The molecule has 2 aromatic heterocycles. The van der Waals surface area contributed by atoms with Crippen LogP contribution in [0.4, 0.5) is 0 Å². The van der Waals surface area contributed by atoms with Crippen molar-refractivity contribution in [2.45, 2.75) is 13.1 Å². The molecule has 3 rings (SSSR count). The fraction of sp³-hybridized carbons (Fsp3) is 0.250. The van der Waals surface area contributed by atoms with E-state index in [0.29, 0.717) is 0 Å². The van der Waals surface area contributed by atoms with Crippen LogP contribution in [-0.4, -0.2) is 9.13 Å². The average Bonchev–Trinajstić information content (AvgIpc) is 3.01. The number of aromatic nitrogens is 4. The Labute approximate surface area is 119 Å². The molecular formula is C16H20N4+2. The van der Waals surface area contributed by atoms with Crippen LogP contribution in [0.25, 0.3) is 0 Å². The van der Waals surface area contributed by atoms with Crippen molar-refractivity contribution in [3.05, 3.63) is 72.8 Å². The summed E-state index contributed by atoms with van der Waals surface area (Å²) < 4.78 is 8.47. The molecule has 0 unspecified atom stereocenters. The van der Waals surface area contributed by atoms with Gasteiger partial charge in [0.1, 0.15) is 37.9 Å².